The lowest BCUT2D eigenvalue weighted by molar-refractivity contribution is 0.607. The van der Waals surface area contributed by atoms with E-state index in [4.69, 9.17) is 11.6 Å². The summed E-state index contributed by atoms with van der Waals surface area (Å²) >= 11 is 5.77. The molecule has 14 heavy (non-hydrogen) atoms. The maximum atomic E-state index is 5.77. The van der Waals surface area contributed by atoms with Gasteiger partial charge in [-0.15, -0.1) is 17.0 Å². The second-order valence-electron chi connectivity index (χ2n) is 3.62. The van der Waals surface area contributed by atoms with Crippen LogP contribution < -0.4 is 5.32 Å². The molecule has 0 unspecified atom stereocenters. The predicted molar refractivity (Wildman–Crippen MR) is 69.7 cm³/mol. The zero-order chi connectivity index (χ0) is 9.68. The molecule has 0 aliphatic rings. The minimum absolute atomic E-state index is 0. The molecule has 0 aromatic heterocycles. The number of benzene rings is 1. The van der Waals surface area contributed by atoms with Gasteiger partial charge in [-0.1, -0.05) is 25.4 Å². The van der Waals surface area contributed by atoms with Crippen molar-refractivity contribution in [3.8, 4) is 0 Å². The van der Waals surface area contributed by atoms with Crippen molar-refractivity contribution >= 4 is 34.3 Å². The quantitative estimate of drug-likeness (QED) is 0.862. The minimum Gasteiger partial charge on any atom is -0.385 e. The molecule has 0 amide bonds. The predicted octanol–water partition coefficient (Wildman–Crippen LogP) is 4.38. The lowest BCUT2D eigenvalue weighted by Crippen LogP contribution is -2.04. The van der Waals surface area contributed by atoms with Gasteiger partial charge in [0.05, 0.1) is 0 Å². The fraction of sp³-hybridized carbons (Fsp3) is 0.455. The fourth-order valence-electron chi connectivity index (χ4n) is 1.07. The summed E-state index contributed by atoms with van der Waals surface area (Å²) in [6.07, 6.45) is 1.20. The van der Waals surface area contributed by atoms with Gasteiger partial charge in [0.1, 0.15) is 0 Å². The van der Waals surface area contributed by atoms with Crippen LogP contribution in [-0.2, 0) is 0 Å². The number of halogens is 2. The maximum absolute atomic E-state index is 5.77. The molecule has 80 valence electrons. The largest absolute Gasteiger partial charge is 0.385 e. The molecule has 0 spiro atoms. The first kappa shape index (κ1) is 13.8. The molecule has 0 saturated heterocycles. The third-order valence-corrected chi connectivity index (χ3v) is 2.15. The highest BCUT2D eigenvalue weighted by Gasteiger charge is 1.94. The van der Waals surface area contributed by atoms with E-state index in [1.54, 1.807) is 0 Å². The van der Waals surface area contributed by atoms with Crippen molar-refractivity contribution in [2.24, 2.45) is 5.92 Å². The molecule has 0 bridgehead atoms. The molecule has 1 aromatic rings. The lowest BCUT2D eigenvalue weighted by atomic mass is 10.1. The number of nitrogens with one attached hydrogen (secondary N) is 1. The Balaban J connectivity index is 0.00000169. The molecule has 0 saturated carbocycles. The third kappa shape index (κ3) is 5.51. The van der Waals surface area contributed by atoms with Crippen LogP contribution in [0.4, 0.5) is 5.69 Å². The summed E-state index contributed by atoms with van der Waals surface area (Å²) in [7, 11) is 0. The smallest absolute Gasteiger partial charge is 0.0407 e. The number of hydrogen-bond donors (Lipinski definition) is 1. The molecule has 1 aromatic carbocycles. The Morgan fingerprint density at radius 2 is 1.79 bits per heavy atom. The average Bonchev–Trinajstić information content (AvgIpc) is 2.08. The van der Waals surface area contributed by atoms with Crippen LogP contribution in [0.25, 0.3) is 0 Å². The van der Waals surface area contributed by atoms with Gasteiger partial charge in [-0.3, -0.25) is 0 Å². The summed E-state index contributed by atoms with van der Waals surface area (Å²) in [5.41, 5.74) is 1.14. The molecule has 1 N–H and O–H groups in total. The topological polar surface area (TPSA) is 12.0 Å². The lowest BCUT2D eigenvalue weighted by Gasteiger charge is -2.07. The molecular formula is C11H17BrClN. The maximum Gasteiger partial charge on any atom is 0.0407 e. The van der Waals surface area contributed by atoms with Crippen LogP contribution in [0, 0.1) is 5.92 Å². The molecular weight excluding hydrogens is 261 g/mol. The normalized spacial score (nSPS) is 9.71. The Bertz CT molecular complexity index is 246. The van der Waals surface area contributed by atoms with Crippen LogP contribution in [0.1, 0.15) is 20.3 Å². The summed E-state index contributed by atoms with van der Waals surface area (Å²) < 4.78 is 0. The van der Waals surface area contributed by atoms with Crippen LogP contribution >= 0.6 is 28.6 Å². The monoisotopic (exact) mass is 277 g/mol. The van der Waals surface area contributed by atoms with E-state index >= 15 is 0 Å². The van der Waals surface area contributed by atoms with Gasteiger partial charge in [0.2, 0.25) is 0 Å². The second-order valence-corrected chi connectivity index (χ2v) is 4.05. The molecule has 3 heteroatoms. The van der Waals surface area contributed by atoms with Gasteiger partial charge in [-0.2, -0.15) is 0 Å². The molecule has 0 atom stereocenters. The van der Waals surface area contributed by atoms with E-state index in [9.17, 15) is 0 Å². The summed E-state index contributed by atoms with van der Waals surface area (Å²) in [4.78, 5) is 0. The van der Waals surface area contributed by atoms with Crippen LogP contribution in [-0.4, -0.2) is 6.54 Å². The third-order valence-electron chi connectivity index (χ3n) is 1.90. The summed E-state index contributed by atoms with van der Waals surface area (Å²) in [6.45, 7) is 5.48. The van der Waals surface area contributed by atoms with Gasteiger partial charge >= 0.3 is 0 Å². The van der Waals surface area contributed by atoms with Crippen LogP contribution in [0.2, 0.25) is 5.02 Å². The molecule has 0 fully saturated rings. The number of rotatable bonds is 4. The Morgan fingerprint density at radius 1 is 1.21 bits per heavy atom. The first-order chi connectivity index (χ1) is 6.18. The van der Waals surface area contributed by atoms with Gasteiger partial charge in [0.25, 0.3) is 0 Å². The van der Waals surface area contributed by atoms with Crippen LogP contribution in [0.5, 0.6) is 0 Å². The minimum atomic E-state index is 0. The Labute approximate surface area is 102 Å². The van der Waals surface area contributed by atoms with Crippen molar-refractivity contribution in [3.63, 3.8) is 0 Å². The van der Waals surface area contributed by atoms with E-state index in [1.165, 1.54) is 6.42 Å². The molecule has 0 heterocycles. The fourth-order valence-corrected chi connectivity index (χ4v) is 1.20. The van der Waals surface area contributed by atoms with Crippen molar-refractivity contribution in [2.45, 2.75) is 20.3 Å². The van der Waals surface area contributed by atoms with E-state index in [0.717, 1.165) is 23.2 Å². The van der Waals surface area contributed by atoms with Gasteiger partial charge in [-0.05, 0) is 36.6 Å². The first-order valence-electron chi connectivity index (χ1n) is 4.68. The SMILES string of the molecule is Br.CC(C)CCNc1ccc(Cl)cc1. The van der Waals surface area contributed by atoms with Gasteiger partial charge < -0.3 is 5.32 Å². The van der Waals surface area contributed by atoms with Crippen LogP contribution in [0.15, 0.2) is 24.3 Å². The van der Waals surface area contributed by atoms with E-state index in [2.05, 4.69) is 19.2 Å². The van der Waals surface area contributed by atoms with Crippen molar-refractivity contribution in [3.05, 3.63) is 29.3 Å². The zero-order valence-electron chi connectivity index (χ0n) is 8.59. The van der Waals surface area contributed by atoms with Crippen molar-refractivity contribution in [1.82, 2.24) is 0 Å². The molecule has 1 nitrogen and oxygen atoms in total. The van der Waals surface area contributed by atoms with Crippen molar-refractivity contribution in [2.75, 3.05) is 11.9 Å². The highest BCUT2D eigenvalue weighted by molar-refractivity contribution is 8.93. The highest BCUT2D eigenvalue weighted by atomic mass is 79.9. The highest BCUT2D eigenvalue weighted by Crippen LogP contribution is 2.13. The van der Waals surface area contributed by atoms with E-state index in [-0.39, 0.29) is 17.0 Å². The number of anilines is 1. The second kappa shape index (κ2) is 7.13. The molecule has 1 rings (SSSR count). The Kier molecular flexibility index (Phi) is 7.02. The van der Waals surface area contributed by atoms with Gasteiger partial charge in [0.15, 0.2) is 0 Å². The van der Waals surface area contributed by atoms with Crippen LogP contribution in [0.3, 0.4) is 0 Å². The van der Waals surface area contributed by atoms with Gasteiger partial charge in [0, 0.05) is 17.3 Å². The Morgan fingerprint density at radius 3 is 2.29 bits per heavy atom. The van der Waals surface area contributed by atoms with Crippen molar-refractivity contribution in [1.29, 1.82) is 0 Å². The molecule has 0 aliphatic heterocycles. The van der Waals surface area contributed by atoms with Crippen molar-refractivity contribution < 1.29 is 0 Å². The summed E-state index contributed by atoms with van der Waals surface area (Å²) in [5.74, 6) is 0.750. The standard InChI is InChI=1S/C11H16ClN.BrH/c1-9(2)7-8-13-11-5-3-10(12)4-6-11;/h3-6,9,13H,7-8H2,1-2H3;1H. The Hall–Kier alpha value is -0.210. The zero-order valence-corrected chi connectivity index (χ0v) is 11.1. The first-order valence-corrected chi connectivity index (χ1v) is 5.05. The van der Waals surface area contributed by atoms with Gasteiger partial charge in [-0.25, -0.2) is 0 Å². The average molecular weight is 279 g/mol. The summed E-state index contributed by atoms with van der Waals surface area (Å²) in [5, 5.41) is 4.13. The van der Waals surface area contributed by atoms with E-state index < -0.39 is 0 Å². The molecule has 0 radical (unpaired) electrons. The number of hydrogen-bond acceptors (Lipinski definition) is 1. The van der Waals surface area contributed by atoms with E-state index in [0.29, 0.717) is 0 Å². The van der Waals surface area contributed by atoms with E-state index in [1.807, 2.05) is 24.3 Å². The summed E-state index contributed by atoms with van der Waals surface area (Å²) in [6, 6.07) is 7.81. The molecule has 0 aliphatic carbocycles.